The number of carbonyl (C=O) groups is 1. The molecule has 6 rings (SSSR count). The molecule has 0 aromatic heterocycles. The van der Waals surface area contributed by atoms with Crippen LogP contribution in [0.4, 0.5) is 0 Å². The van der Waals surface area contributed by atoms with Gasteiger partial charge in [0, 0.05) is 29.2 Å². The Morgan fingerprint density at radius 3 is 2.47 bits per heavy atom. The van der Waals surface area contributed by atoms with Gasteiger partial charge in [0.1, 0.15) is 46.5 Å². The molecule has 6 heteroatoms. The Kier molecular flexibility index (Phi) is 3.65. The molecule has 168 valence electrons. The molecule has 2 aliphatic heterocycles. The summed E-state index contributed by atoms with van der Waals surface area (Å²) in [6, 6.07) is 4.93. The Morgan fingerprint density at radius 1 is 1.00 bits per heavy atom. The lowest BCUT2D eigenvalue weighted by Crippen LogP contribution is -2.59. The van der Waals surface area contributed by atoms with Crippen LogP contribution in [0.2, 0.25) is 0 Å². The lowest BCUT2D eigenvalue weighted by atomic mass is 9.45. The molecular formula is C26H28O6. The number of fused-ring (bicyclic) bond motifs is 3. The van der Waals surface area contributed by atoms with Gasteiger partial charge in [-0.05, 0) is 55.6 Å². The van der Waals surface area contributed by atoms with Crippen LogP contribution in [-0.4, -0.2) is 33.3 Å². The molecule has 2 aliphatic carbocycles. The Balaban J connectivity index is 1.45. The first kappa shape index (κ1) is 19.8. The zero-order valence-corrected chi connectivity index (χ0v) is 18.7. The van der Waals surface area contributed by atoms with Crippen LogP contribution in [0.25, 0.3) is 0 Å². The first-order chi connectivity index (χ1) is 15.0. The van der Waals surface area contributed by atoms with Crippen molar-refractivity contribution in [2.45, 2.75) is 58.0 Å². The normalized spacial score (nSPS) is 33.3. The number of rotatable bonds is 1. The zero-order valence-electron chi connectivity index (χ0n) is 18.7. The monoisotopic (exact) mass is 436 g/mol. The quantitative estimate of drug-likeness (QED) is 0.596. The number of ketones is 1. The second kappa shape index (κ2) is 5.91. The maximum atomic E-state index is 13.4. The predicted molar refractivity (Wildman–Crippen MR) is 117 cm³/mol. The van der Waals surface area contributed by atoms with Crippen LogP contribution < -0.4 is 9.47 Å². The van der Waals surface area contributed by atoms with E-state index >= 15 is 0 Å². The summed E-state index contributed by atoms with van der Waals surface area (Å²) in [5.74, 6) is 0.754. The molecule has 0 bridgehead atoms. The van der Waals surface area contributed by atoms with Crippen LogP contribution in [0, 0.1) is 24.2 Å². The number of Topliss-reactive ketones (excluding diaryl/α,β-unsaturated/α-hetero) is 1. The zero-order chi connectivity index (χ0) is 22.7. The van der Waals surface area contributed by atoms with Crippen molar-refractivity contribution in [3.05, 3.63) is 40.5 Å². The molecule has 2 aromatic rings. The van der Waals surface area contributed by atoms with Gasteiger partial charge in [-0.25, -0.2) is 0 Å². The van der Waals surface area contributed by atoms with Gasteiger partial charge in [-0.2, -0.15) is 0 Å². The number of aromatic hydroxyl groups is 3. The average molecular weight is 437 g/mol. The highest BCUT2D eigenvalue weighted by Crippen LogP contribution is 2.73. The smallest absolute Gasteiger partial charge is 0.181 e. The molecule has 5 atom stereocenters. The van der Waals surface area contributed by atoms with Crippen molar-refractivity contribution >= 4 is 5.78 Å². The van der Waals surface area contributed by atoms with Gasteiger partial charge in [-0.1, -0.05) is 13.8 Å². The molecule has 4 aliphatic rings. The number of phenols is 3. The summed E-state index contributed by atoms with van der Waals surface area (Å²) in [5.41, 5.74) is 1.74. The van der Waals surface area contributed by atoms with E-state index in [1.54, 1.807) is 13.0 Å². The van der Waals surface area contributed by atoms with Crippen LogP contribution in [0.5, 0.6) is 28.7 Å². The molecule has 32 heavy (non-hydrogen) atoms. The van der Waals surface area contributed by atoms with Crippen LogP contribution in [-0.2, 0) is 0 Å². The summed E-state index contributed by atoms with van der Waals surface area (Å²) >= 11 is 0. The summed E-state index contributed by atoms with van der Waals surface area (Å²) in [4.78, 5) is 13.4. The maximum Gasteiger partial charge on any atom is 0.181 e. The minimum Gasteiger partial charge on any atom is -0.508 e. The highest BCUT2D eigenvalue weighted by Gasteiger charge is 2.69. The van der Waals surface area contributed by atoms with Crippen molar-refractivity contribution in [2.75, 3.05) is 6.61 Å². The van der Waals surface area contributed by atoms with Gasteiger partial charge in [0.05, 0.1) is 5.92 Å². The molecule has 0 unspecified atom stereocenters. The number of ether oxygens (including phenoxy) is 2. The van der Waals surface area contributed by atoms with Gasteiger partial charge >= 0.3 is 0 Å². The topological polar surface area (TPSA) is 96.2 Å². The van der Waals surface area contributed by atoms with Gasteiger partial charge in [0.15, 0.2) is 5.78 Å². The van der Waals surface area contributed by atoms with E-state index < -0.39 is 5.92 Å². The van der Waals surface area contributed by atoms with Gasteiger partial charge in [-0.3, -0.25) is 4.79 Å². The van der Waals surface area contributed by atoms with Gasteiger partial charge in [0.25, 0.3) is 0 Å². The highest BCUT2D eigenvalue weighted by atomic mass is 16.5. The van der Waals surface area contributed by atoms with E-state index in [4.69, 9.17) is 9.47 Å². The van der Waals surface area contributed by atoms with E-state index in [9.17, 15) is 20.1 Å². The fraction of sp³-hybridized carbons (Fsp3) is 0.500. The van der Waals surface area contributed by atoms with Crippen LogP contribution in [0.15, 0.2) is 18.2 Å². The SMILES string of the molecule is Cc1c(O)cc2c(c1O)C(=O)[C@H](c1cc3c(cc1O)O[C@@]1(C)CC[C@@H]4[C@H]1[C@H]3C4(C)C)CO2. The van der Waals surface area contributed by atoms with Gasteiger partial charge in [-0.15, -0.1) is 0 Å². The van der Waals surface area contributed by atoms with Crippen molar-refractivity contribution in [3.63, 3.8) is 0 Å². The van der Waals surface area contributed by atoms with Crippen LogP contribution in [0.3, 0.4) is 0 Å². The number of carbonyl (C=O) groups excluding carboxylic acids is 1. The first-order valence-corrected chi connectivity index (χ1v) is 11.3. The molecule has 6 nitrogen and oxygen atoms in total. The Labute approximate surface area is 186 Å². The highest BCUT2D eigenvalue weighted by molar-refractivity contribution is 6.07. The number of phenolic OH excluding ortho intramolecular Hbond substituents is 3. The third-order valence-electron chi connectivity index (χ3n) is 8.88. The van der Waals surface area contributed by atoms with E-state index in [-0.39, 0.29) is 57.5 Å². The second-order valence-corrected chi connectivity index (χ2v) is 10.8. The Bertz CT molecular complexity index is 1200. The van der Waals surface area contributed by atoms with Crippen molar-refractivity contribution in [1.29, 1.82) is 0 Å². The third kappa shape index (κ3) is 2.23. The van der Waals surface area contributed by atoms with E-state index in [0.717, 1.165) is 18.4 Å². The van der Waals surface area contributed by atoms with Crippen molar-refractivity contribution in [2.24, 2.45) is 17.3 Å². The largest absolute Gasteiger partial charge is 0.508 e. The summed E-state index contributed by atoms with van der Waals surface area (Å²) in [6.45, 7) is 8.38. The van der Waals surface area contributed by atoms with Crippen LogP contribution >= 0.6 is 0 Å². The Morgan fingerprint density at radius 2 is 1.72 bits per heavy atom. The van der Waals surface area contributed by atoms with Gasteiger partial charge < -0.3 is 24.8 Å². The lowest BCUT2D eigenvalue weighted by Gasteiger charge is -2.62. The van der Waals surface area contributed by atoms with E-state index in [1.807, 2.05) is 6.07 Å². The van der Waals surface area contributed by atoms with Crippen molar-refractivity contribution < 1.29 is 29.6 Å². The molecule has 2 saturated carbocycles. The predicted octanol–water partition coefficient (Wildman–Crippen LogP) is 4.77. The summed E-state index contributed by atoms with van der Waals surface area (Å²) < 4.78 is 12.2. The molecule has 0 spiro atoms. The Hall–Kier alpha value is -2.89. The van der Waals surface area contributed by atoms with Crippen LogP contribution in [0.1, 0.15) is 72.5 Å². The standard InChI is InChI=1S/C26H28O6/c1-11-16(27)8-19-20(23(11)29)24(30)14(10-31-19)12-7-13-18(9-17(12)28)32-26(4)6-5-15-22(26)21(13)25(15,2)3/h7-9,14-15,21-22,27-29H,5-6,10H2,1-4H3/t14-,15+,21-,22-,26-/m0/s1. The van der Waals surface area contributed by atoms with E-state index in [0.29, 0.717) is 29.1 Å². The number of hydrogen-bond acceptors (Lipinski definition) is 6. The van der Waals surface area contributed by atoms with E-state index in [2.05, 4.69) is 20.8 Å². The maximum absolute atomic E-state index is 13.4. The fourth-order valence-corrected chi connectivity index (χ4v) is 7.12. The number of benzene rings is 2. The molecule has 0 saturated heterocycles. The molecule has 2 fully saturated rings. The average Bonchev–Trinajstić information content (AvgIpc) is 3.06. The molecule has 0 amide bonds. The van der Waals surface area contributed by atoms with E-state index in [1.165, 1.54) is 6.07 Å². The summed E-state index contributed by atoms with van der Waals surface area (Å²) in [5, 5.41) is 31.4. The fourth-order valence-electron chi connectivity index (χ4n) is 7.12. The van der Waals surface area contributed by atoms with Gasteiger partial charge in [0.2, 0.25) is 0 Å². The summed E-state index contributed by atoms with van der Waals surface area (Å²) in [7, 11) is 0. The lowest BCUT2D eigenvalue weighted by molar-refractivity contribution is -0.120. The molecular weight excluding hydrogens is 408 g/mol. The van der Waals surface area contributed by atoms with Crippen molar-refractivity contribution in [1.82, 2.24) is 0 Å². The third-order valence-corrected chi connectivity index (χ3v) is 8.88. The molecule has 2 aromatic carbocycles. The first-order valence-electron chi connectivity index (χ1n) is 11.3. The number of hydrogen-bond donors (Lipinski definition) is 3. The second-order valence-electron chi connectivity index (χ2n) is 10.8. The molecule has 2 heterocycles. The minimum atomic E-state index is -0.751. The van der Waals surface area contributed by atoms with Crippen molar-refractivity contribution in [3.8, 4) is 28.7 Å². The molecule has 3 N–H and O–H groups in total. The minimum absolute atomic E-state index is 0.00198. The molecule has 0 radical (unpaired) electrons. The summed E-state index contributed by atoms with van der Waals surface area (Å²) in [6.07, 6.45) is 2.16.